The fourth-order valence-corrected chi connectivity index (χ4v) is 4.37. The van der Waals surface area contributed by atoms with Crippen molar-refractivity contribution < 1.29 is 0 Å². The summed E-state index contributed by atoms with van der Waals surface area (Å²) in [6.45, 7) is 3.36. The van der Waals surface area contributed by atoms with Gasteiger partial charge in [-0.05, 0) is 42.4 Å². The molecule has 3 nitrogen and oxygen atoms in total. The Morgan fingerprint density at radius 3 is 3.05 bits per heavy atom. The van der Waals surface area contributed by atoms with Gasteiger partial charge < -0.3 is 10.2 Å². The fraction of sp³-hybridized carbons (Fsp3) is 0.706. The van der Waals surface area contributed by atoms with E-state index in [0.29, 0.717) is 6.04 Å². The van der Waals surface area contributed by atoms with Crippen molar-refractivity contribution >= 4 is 5.82 Å². The molecular formula is C17H25N3. The van der Waals surface area contributed by atoms with E-state index >= 15 is 0 Å². The van der Waals surface area contributed by atoms with E-state index in [1.165, 1.54) is 50.8 Å². The molecule has 108 valence electrons. The number of piperazine rings is 1. The molecule has 1 aliphatic carbocycles. The van der Waals surface area contributed by atoms with Crippen LogP contribution in [0.4, 0.5) is 5.82 Å². The van der Waals surface area contributed by atoms with Crippen LogP contribution in [0.5, 0.6) is 0 Å². The highest BCUT2D eigenvalue weighted by atomic mass is 15.3. The number of pyridine rings is 1. The summed E-state index contributed by atoms with van der Waals surface area (Å²) in [5, 5.41) is 3.52. The minimum Gasteiger partial charge on any atom is -0.351 e. The Morgan fingerprint density at radius 1 is 1.25 bits per heavy atom. The highest BCUT2D eigenvalue weighted by Gasteiger charge is 2.31. The van der Waals surface area contributed by atoms with Crippen LogP contribution in [0.25, 0.3) is 0 Å². The number of hydrogen-bond acceptors (Lipinski definition) is 3. The molecule has 3 heteroatoms. The van der Waals surface area contributed by atoms with Gasteiger partial charge in [0.15, 0.2) is 0 Å². The second kappa shape index (κ2) is 5.36. The second-order valence-electron chi connectivity index (χ2n) is 6.72. The van der Waals surface area contributed by atoms with Crippen molar-refractivity contribution in [2.75, 3.05) is 24.5 Å². The predicted octanol–water partition coefficient (Wildman–Crippen LogP) is 2.54. The van der Waals surface area contributed by atoms with Gasteiger partial charge in [0.25, 0.3) is 0 Å². The molecule has 2 fully saturated rings. The Morgan fingerprint density at radius 2 is 2.15 bits per heavy atom. The summed E-state index contributed by atoms with van der Waals surface area (Å²) in [7, 11) is 0. The van der Waals surface area contributed by atoms with Gasteiger partial charge in [0, 0.05) is 31.9 Å². The van der Waals surface area contributed by atoms with Crippen LogP contribution < -0.4 is 10.2 Å². The van der Waals surface area contributed by atoms with Crippen LogP contribution in [0.15, 0.2) is 12.3 Å². The summed E-state index contributed by atoms with van der Waals surface area (Å²) >= 11 is 0. The van der Waals surface area contributed by atoms with Gasteiger partial charge in [-0.3, -0.25) is 0 Å². The molecule has 1 saturated carbocycles. The van der Waals surface area contributed by atoms with Crippen LogP contribution >= 0.6 is 0 Å². The van der Waals surface area contributed by atoms with E-state index in [-0.39, 0.29) is 0 Å². The molecule has 20 heavy (non-hydrogen) atoms. The molecule has 1 N–H and O–H groups in total. The molecule has 1 atom stereocenters. The summed E-state index contributed by atoms with van der Waals surface area (Å²) in [5.74, 6) is 2.24. The Kier molecular flexibility index (Phi) is 3.39. The molecule has 3 heterocycles. The zero-order chi connectivity index (χ0) is 13.4. The van der Waals surface area contributed by atoms with Gasteiger partial charge in [-0.1, -0.05) is 25.7 Å². The smallest absolute Gasteiger partial charge is 0.132 e. The quantitative estimate of drug-likeness (QED) is 0.896. The Hall–Kier alpha value is -1.09. The molecule has 2 aliphatic heterocycles. The van der Waals surface area contributed by atoms with E-state index in [2.05, 4.69) is 16.3 Å². The number of nitrogens with zero attached hydrogens (tertiary/aromatic N) is 2. The SMILES string of the molecule is c1cc(CC2CCCC2)c2c(n1)N1CCNC[C@H]1CC2. The van der Waals surface area contributed by atoms with E-state index in [9.17, 15) is 0 Å². The zero-order valence-electron chi connectivity index (χ0n) is 12.3. The van der Waals surface area contributed by atoms with Crippen molar-refractivity contribution in [3.8, 4) is 0 Å². The third kappa shape index (κ3) is 2.22. The molecule has 0 aromatic carbocycles. The normalized spacial score (nSPS) is 26.4. The Labute approximate surface area is 121 Å². The summed E-state index contributed by atoms with van der Waals surface area (Å²) in [6, 6.07) is 2.96. The van der Waals surface area contributed by atoms with Crippen molar-refractivity contribution in [3.63, 3.8) is 0 Å². The maximum Gasteiger partial charge on any atom is 0.132 e. The lowest BCUT2D eigenvalue weighted by molar-refractivity contribution is 0.433. The highest BCUT2D eigenvalue weighted by Crippen LogP contribution is 2.35. The first-order valence-corrected chi connectivity index (χ1v) is 8.36. The lowest BCUT2D eigenvalue weighted by Gasteiger charge is -2.42. The van der Waals surface area contributed by atoms with Gasteiger partial charge >= 0.3 is 0 Å². The third-order valence-electron chi connectivity index (χ3n) is 5.46. The molecule has 1 saturated heterocycles. The largest absolute Gasteiger partial charge is 0.351 e. The van der Waals surface area contributed by atoms with Crippen LogP contribution in [0.2, 0.25) is 0 Å². The maximum absolute atomic E-state index is 4.74. The summed E-state index contributed by atoms with van der Waals surface area (Å²) in [5.41, 5.74) is 3.16. The Balaban J connectivity index is 1.62. The van der Waals surface area contributed by atoms with E-state index in [0.717, 1.165) is 25.6 Å². The first-order valence-electron chi connectivity index (χ1n) is 8.36. The zero-order valence-corrected chi connectivity index (χ0v) is 12.3. The van der Waals surface area contributed by atoms with E-state index in [1.54, 1.807) is 11.1 Å². The molecule has 3 aliphatic rings. The van der Waals surface area contributed by atoms with Gasteiger partial charge in [0.1, 0.15) is 5.82 Å². The van der Waals surface area contributed by atoms with Crippen LogP contribution in [-0.2, 0) is 12.8 Å². The summed E-state index contributed by atoms with van der Waals surface area (Å²) < 4.78 is 0. The monoisotopic (exact) mass is 271 g/mol. The number of anilines is 1. The van der Waals surface area contributed by atoms with E-state index in [1.807, 2.05) is 6.20 Å². The Bertz CT molecular complexity index is 479. The molecule has 1 aromatic heterocycles. The predicted molar refractivity (Wildman–Crippen MR) is 82.2 cm³/mol. The molecule has 0 radical (unpaired) electrons. The molecule has 0 bridgehead atoms. The number of nitrogens with one attached hydrogen (secondary N) is 1. The van der Waals surface area contributed by atoms with Gasteiger partial charge in [-0.15, -0.1) is 0 Å². The van der Waals surface area contributed by atoms with E-state index < -0.39 is 0 Å². The first kappa shape index (κ1) is 12.6. The topological polar surface area (TPSA) is 28.2 Å². The summed E-state index contributed by atoms with van der Waals surface area (Å²) in [4.78, 5) is 7.30. The maximum atomic E-state index is 4.74. The molecule has 0 amide bonds. The van der Waals surface area contributed by atoms with Crippen molar-refractivity contribution in [2.24, 2.45) is 5.92 Å². The van der Waals surface area contributed by atoms with Crippen molar-refractivity contribution in [3.05, 3.63) is 23.4 Å². The number of aromatic nitrogens is 1. The molecule has 4 rings (SSSR count). The third-order valence-corrected chi connectivity index (χ3v) is 5.46. The van der Waals surface area contributed by atoms with Crippen LogP contribution in [-0.4, -0.2) is 30.7 Å². The molecule has 1 aromatic rings. The summed E-state index contributed by atoms with van der Waals surface area (Å²) in [6.07, 6.45) is 11.6. The van der Waals surface area contributed by atoms with Gasteiger partial charge in [0.05, 0.1) is 0 Å². The molecule has 0 spiro atoms. The minimum absolute atomic E-state index is 0.672. The molecular weight excluding hydrogens is 246 g/mol. The second-order valence-corrected chi connectivity index (χ2v) is 6.72. The fourth-order valence-electron chi connectivity index (χ4n) is 4.37. The van der Waals surface area contributed by atoms with Crippen molar-refractivity contribution in [1.82, 2.24) is 10.3 Å². The number of fused-ring (bicyclic) bond motifs is 3. The average Bonchev–Trinajstić information content (AvgIpc) is 3.00. The lowest BCUT2D eigenvalue weighted by Crippen LogP contribution is -2.53. The van der Waals surface area contributed by atoms with Crippen molar-refractivity contribution in [1.29, 1.82) is 0 Å². The number of rotatable bonds is 2. The van der Waals surface area contributed by atoms with Gasteiger partial charge in [0.2, 0.25) is 0 Å². The average molecular weight is 271 g/mol. The van der Waals surface area contributed by atoms with Crippen LogP contribution in [0.1, 0.15) is 43.2 Å². The first-order chi connectivity index (χ1) is 9.92. The van der Waals surface area contributed by atoms with Crippen LogP contribution in [0, 0.1) is 5.92 Å². The van der Waals surface area contributed by atoms with Gasteiger partial charge in [-0.2, -0.15) is 0 Å². The van der Waals surface area contributed by atoms with Crippen molar-refractivity contribution in [2.45, 2.75) is 51.0 Å². The standard InChI is InChI=1S/C17H25N3/c1-2-4-13(3-1)11-14-7-8-19-17-16(14)6-5-15-12-18-9-10-20(15)17/h7-8,13,15,18H,1-6,9-12H2/t15-/m1/s1. The van der Waals surface area contributed by atoms with Crippen LogP contribution in [0.3, 0.4) is 0 Å². The highest BCUT2D eigenvalue weighted by molar-refractivity contribution is 5.54. The van der Waals surface area contributed by atoms with E-state index in [4.69, 9.17) is 4.98 Å². The molecule has 0 unspecified atom stereocenters. The van der Waals surface area contributed by atoms with Gasteiger partial charge in [-0.25, -0.2) is 4.98 Å². The number of hydrogen-bond donors (Lipinski definition) is 1. The lowest BCUT2D eigenvalue weighted by atomic mass is 9.89. The minimum atomic E-state index is 0.672.